The Bertz CT molecular complexity index is 521. The number of alkyl carbamates (subject to hydrolysis) is 1. The first kappa shape index (κ1) is 17.5. The minimum Gasteiger partial charge on any atom is -0.445 e. The lowest BCUT2D eigenvalue weighted by Crippen LogP contribution is -2.57. The van der Waals surface area contributed by atoms with Crippen LogP contribution in [-0.2, 0) is 16.1 Å². The minimum atomic E-state index is -0.373. The summed E-state index contributed by atoms with van der Waals surface area (Å²) in [4.78, 5) is 12.0. The van der Waals surface area contributed by atoms with E-state index in [1.165, 1.54) is 0 Å². The fourth-order valence-electron chi connectivity index (χ4n) is 2.84. The molecule has 0 bridgehead atoms. The molecular weight excluding hydrogens is 290 g/mol. The van der Waals surface area contributed by atoms with Crippen LogP contribution in [0.25, 0.3) is 0 Å². The van der Waals surface area contributed by atoms with E-state index in [1.807, 2.05) is 57.2 Å². The van der Waals surface area contributed by atoms with Gasteiger partial charge in [0.2, 0.25) is 0 Å². The predicted molar refractivity (Wildman–Crippen MR) is 91.1 cm³/mol. The van der Waals surface area contributed by atoms with Crippen LogP contribution in [0.2, 0.25) is 0 Å². The van der Waals surface area contributed by atoms with Gasteiger partial charge in [-0.2, -0.15) is 0 Å². The molecule has 0 spiro atoms. The predicted octanol–water partition coefficient (Wildman–Crippen LogP) is 4.06. The van der Waals surface area contributed by atoms with Gasteiger partial charge in [0.25, 0.3) is 0 Å². The summed E-state index contributed by atoms with van der Waals surface area (Å²) in [5, 5.41) is 2.95. The SMILES string of the molecule is C=CCC1C(NC(=O)OCc2ccccc2)CC1OC(C)(C)C. The summed E-state index contributed by atoms with van der Waals surface area (Å²) in [6, 6.07) is 9.75. The van der Waals surface area contributed by atoms with Crippen molar-refractivity contribution < 1.29 is 14.3 Å². The number of benzene rings is 1. The Labute approximate surface area is 138 Å². The fourth-order valence-corrected chi connectivity index (χ4v) is 2.84. The minimum absolute atomic E-state index is 0.0867. The molecule has 0 aromatic heterocycles. The molecule has 23 heavy (non-hydrogen) atoms. The lowest BCUT2D eigenvalue weighted by Gasteiger charge is -2.46. The highest BCUT2D eigenvalue weighted by Gasteiger charge is 2.43. The molecule has 1 fully saturated rings. The number of carbonyl (C=O) groups is 1. The van der Waals surface area contributed by atoms with Crippen molar-refractivity contribution in [2.24, 2.45) is 5.92 Å². The van der Waals surface area contributed by atoms with Gasteiger partial charge in [-0.15, -0.1) is 6.58 Å². The average Bonchev–Trinajstić information content (AvgIpc) is 2.49. The van der Waals surface area contributed by atoms with Gasteiger partial charge in [-0.1, -0.05) is 36.4 Å². The molecule has 1 saturated carbocycles. The third kappa shape index (κ3) is 5.39. The molecule has 1 aromatic rings. The van der Waals surface area contributed by atoms with E-state index in [9.17, 15) is 4.79 Å². The zero-order valence-corrected chi connectivity index (χ0v) is 14.2. The zero-order chi connectivity index (χ0) is 16.9. The van der Waals surface area contributed by atoms with E-state index in [0.717, 1.165) is 18.4 Å². The molecule has 0 saturated heterocycles. The number of ether oxygens (including phenoxy) is 2. The summed E-state index contributed by atoms with van der Waals surface area (Å²) in [7, 11) is 0. The maximum atomic E-state index is 12.0. The summed E-state index contributed by atoms with van der Waals surface area (Å²) < 4.78 is 11.3. The maximum absolute atomic E-state index is 12.0. The van der Waals surface area contributed by atoms with E-state index in [0.29, 0.717) is 0 Å². The van der Waals surface area contributed by atoms with Gasteiger partial charge in [0.05, 0.1) is 11.7 Å². The highest BCUT2D eigenvalue weighted by atomic mass is 16.5. The average molecular weight is 317 g/mol. The van der Waals surface area contributed by atoms with Gasteiger partial charge in [-0.05, 0) is 39.2 Å². The van der Waals surface area contributed by atoms with Crippen LogP contribution in [0.1, 0.15) is 39.2 Å². The van der Waals surface area contributed by atoms with Crippen molar-refractivity contribution in [2.45, 2.75) is 58.0 Å². The van der Waals surface area contributed by atoms with Crippen LogP contribution in [0.15, 0.2) is 43.0 Å². The van der Waals surface area contributed by atoms with Crippen molar-refractivity contribution in [3.8, 4) is 0 Å². The summed E-state index contributed by atoms with van der Waals surface area (Å²) >= 11 is 0. The quantitative estimate of drug-likeness (QED) is 0.805. The summed E-state index contributed by atoms with van der Waals surface area (Å²) in [6.45, 7) is 10.2. The largest absolute Gasteiger partial charge is 0.445 e. The van der Waals surface area contributed by atoms with E-state index in [4.69, 9.17) is 9.47 Å². The van der Waals surface area contributed by atoms with Crippen LogP contribution in [0, 0.1) is 5.92 Å². The molecule has 4 nitrogen and oxygen atoms in total. The normalized spacial score (nSPS) is 23.7. The monoisotopic (exact) mass is 317 g/mol. The first-order valence-corrected chi connectivity index (χ1v) is 8.15. The van der Waals surface area contributed by atoms with Crippen LogP contribution in [0.5, 0.6) is 0 Å². The Morgan fingerprint density at radius 1 is 1.35 bits per heavy atom. The Morgan fingerprint density at radius 3 is 2.65 bits per heavy atom. The van der Waals surface area contributed by atoms with Crippen LogP contribution < -0.4 is 5.32 Å². The Balaban J connectivity index is 1.80. The number of allylic oxidation sites excluding steroid dienone is 1. The van der Waals surface area contributed by atoms with Gasteiger partial charge >= 0.3 is 6.09 Å². The standard InChI is InChI=1S/C19H27NO3/c1-5-9-15-16(12-17(15)23-19(2,3)4)20-18(21)22-13-14-10-7-6-8-11-14/h5-8,10-11,15-17H,1,9,12-13H2,2-4H3,(H,20,21). The number of hydrogen-bond acceptors (Lipinski definition) is 3. The number of carbonyl (C=O) groups excluding carboxylic acids is 1. The fraction of sp³-hybridized carbons (Fsp3) is 0.526. The van der Waals surface area contributed by atoms with Crippen molar-refractivity contribution in [1.82, 2.24) is 5.32 Å². The molecule has 1 N–H and O–H groups in total. The van der Waals surface area contributed by atoms with Crippen molar-refractivity contribution in [2.75, 3.05) is 0 Å². The van der Waals surface area contributed by atoms with Crippen molar-refractivity contribution >= 4 is 6.09 Å². The van der Waals surface area contributed by atoms with Crippen LogP contribution >= 0.6 is 0 Å². The van der Waals surface area contributed by atoms with Crippen LogP contribution in [-0.4, -0.2) is 23.8 Å². The van der Waals surface area contributed by atoms with Gasteiger partial charge in [0.1, 0.15) is 6.61 Å². The lowest BCUT2D eigenvalue weighted by atomic mass is 9.74. The Hall–Kier alpha value is -1.81. The van der Waals surface area contributed by atoms with Crippen LogP contribution in [0.3, 0.4) is 0 Å². The topological polar surface area (TPSA) is 47.6 Å². The summed E-state index contributed by atoms with van der Waals surface area (Å²) in [5.74, 6) is 0.260. The Kier molecular flexibility index (Phi) is 5.83. The summed E-state index contributed by atoms with van der Waals surface area (Å²) in [6.07, 6.45) is 3.31. The molecular formula is C19H27NO3. The molecule has 4 heteroatoms. The molecule has 126 valence electrons. The van der Waals surface area contributed by atoms with Gasteiger partial charge in [-0.3, -0.25) is 0 Å². The number of hydrogen-bond donors (Lipinski definition) is 1. The molecule has 1 aliphatic rings. The zero-order valence-electron chi connectivity index (χ0n) is 14.2. The smallest absolute Gasteiger partial charge is 0.407 e. The molecule has 1 aliphatic carbocycles. The molecule has 3 atom stereocenters. The molecule has 0 radical (unpaired) electrons. The van der Waals surface area contributed by atoms with E-state index in [2.05, 4.69) is 11.9 Å². The maximum Gasteiger partial charge on any atom is 0.407 e. The van der Waals surface area contributed by atoms with E-state index in [1.54, 1.807) is 0 Å². The Morgan fingerprint density at radius 2 is 2.04 bits per heavy atom. The van der Waals surface area contributed by atoms with Crippen molar-refractivity contribution in [3.05, 3.63) is 48.6 Å². The molecule has 3 unspecified atom stereocenters. The third-order valence-electron chi connectivity index (χ3n) is 3.94. The number of amides is 1. The van der Waals surface area contributed by atoms with Crippen LogP contribution in [0.4, 0.5) is 4.79 Å². The van der Waals surface area contributed by atoms with Gasteiger partial charge in [0.15, 0.2) is 0 Å². The third-order valence-corrected chi connectivity index (χ3v) is 3.94. The second-order valence-electron chi connectivity index (χ2n) is 7.01. The molecule has 0 heterocycles. The van der Waals surface area contributed by atoms with E-state index < -0.39 is 0 Å². The second kappa shape index (κ2) is 7.64. The van der Waals surface area contributed by atoms with Crippen molar-refractivity contribution in [3.63, 3.8) is 0 Å². The van der Waals surface area contributed by atoms with Crippen molar-refractivity contribution in [1.29, 1.82) is 0 Å². The van der Waals surface area contributed by atoms with E-state index in [-0.39, 0.29) is 36.4 Å². The van der Waals surface area contributed by atoms with E-state index >= 15 is 0 Å². The van der Waals surface area contributed by atoms with Gasteiger partial charge in [0, 0.05) is 12.0 Å². The first-order valence-electron chi connectivity index (χ1n) is 8.15. The molecule has 0 aliphatic heterocycles. The highest BCUT2D eigenvalue weighted by molar-refractivity contribution is 5.67. The van der Waals surface area contributed by atoms with Gasteiger partial charge in [-0.25, -0.2) is 4.79 Å². The summed E-state index contributed by atoms with van der Waals surface area (Å²) in [5.41, 5.74) is 0.802. The number of nitrogens with one attached hydrogen (secondary N) is 1. The second-order valence-corrected chi connectivity index (χ2v) is 7.01. The number of rotatable bonds is 6. The first-order chi connectivity index (χ1) is 10.9. The molecule has 2 rings (SSSR count). The molecule has 1 aromatic carbocycles. The lowest BCUT2D eigenvalue weighted by molar-refractivity contribution is -0.135. The molecule has 1 amide bonds. The highest BCUT2D eigenvalue weighted by Crippen LogP contribution is 2.36. The van der Waals surface area contributed by atoms with Gasteiger partial charge < -0.3 is 14.8 Å².